The molecule has 3 nitrogen and oxygen atoms in total. The first-order chi connectivity index (χ1) is 4.45. The third-order valence-electron chi connectivity index (χ3n) is 0.716. The van der Waals surface area contributed by atoms with Crippen molar-refractivity contribution in [3.63, 3.8) is 0 Å². The van der Waals surface area contributed by atoms with Crippen LogP contribution in [0.25, 0.3) is 0 Å². The molecule has 0 aromatic heterocycles. The standard InChI is InChI=1S/C4H8F3N3/c1-9-3(8)10-2-4(5,6)7/h2H2,1H3,(H3,8,9,10). The molecule has 0 amide bonds. The largest absolute Gasteiger partial charge is 0.405 e. The van der Waals surface area contributed by atoms with E-state index >= 15 is 0 Å². The summed E-state index contributed by atoms with van der Waals surface area (Å²) in [4.78, 5) is 0. The van der Waals surface area contributed by atoms with E-state index in [4.69, 9.17) is 5.41 Å². The van der Waals surface area contributed by atoms with Crippen LogP contribution >= 0.6 is 0 Å². The minimum atomic E-state index is -4.26. The van der Waals surface area contributed by atoms with Gasteiger partial charge in [0.1, 0.15) is 6.54 Å². The van der Waals surface area contributed by atoms with Crippen molar-refractivity contribution in [3.05, 3.63) is 0 Å². The predicted octanol–water partition coefficient (Wildman–Crippen LogP) is 0.292. The average molecular weight is 155 g/mol. The monoisotopic (exact) mass is 155 g/mol. The highest BCUT2D eigenvalue weighted by atomic mass is 19.4. The van der Waals surface area contributed by atoms with Crippen LogP contribution in [0, 0.1) is 5.41 Å². The van der Waals surface area contributed by atoms with E-state index in [2.05, 4.69) is 5.32 Å². The summed E-state index contributed by atoms with van der Waals surface area (Å²) >= 11 is 0. The molecule has 0 saturated carbocycles. The maximum absolute atomic E-state index is 11.4. The van der Waals surface area contributed by atoms with Crippen molar-refractivity contribution in [2.75, 3.05) is 13.6 Å². The molecule has 0 fully saturated rings. The molecule has 0 aliphatic rings. The summed E-state index contributed by atoms with van der Waals surface area (Å²) in [6.45, 7) is -1.17. The van der Waals surface area contributed by atoms with E-state index in [1.807, 2.05) is 5.32 Å². The summed E-state index contributed by atoms with van der Waals surface area (Å²) in [5.74, 6) is -0.336. The summed E-state index contributed by atoms with van der Waals surface area (Å²) in [5.41, 5.74) is 0. The van der Waals surface area contributed by atoms with E-state index in [0.29, 0.717) is 0 Å². The van der Waals surface area contributed by atoms with Crippen molar-refractivity contribution in [2.45, 2.75) is 6.18 Å². The molecule has 0 aromatic rings. The lowest BCUT2D eigenvalue weighted by Crippen LogP contribution is -2.39. The zero-order valence-corrected chi connectivity index (χ0v) is 5.34. The zero-order chi connectivity index (χ0) is 8.20. The number of nitrogens with one attached hydrogen (secondary N) is 3. The Morgan fingerprint density at radius 2 is 2.00 bits per heavy atom. The summed E-state index contributed by atoms with van der Waals surface area (Å²) in [6.07, 6.45) is -4.26. The molecule has 0 atom stereocenters. The Bertz CT molecular complexity index is 119. The van der Waals surface area contributed by atoms with Crippen LogP contribution in [0.15, 0.2) is 0 Å². The minimum absolute atomic E-state index is 0.336. The molecule has 0 heterocycles. The Morgan fingerprint density at radius 3 is 2.30 bits per heavy atom. The first-order valence-corrected chi connectivity index (χ1v) is 2.52. The van der Waals surface area contributed by atoms with E-state index in [0.717, 1.165) is 0 Å². The van der Waals surface area contributed by atoms with Gasteiger partial charge in [0.15, 0.2) is 5.96 Å². The van der Waals surface area contributed by atoms with Crippen LogP contribution in [-0.4, -0.2) is 25.7 Å². The SMILES string of the molecule is CNC(=N)NCC(F)(F)F. The van der Waals surface area contributed by atoms with E-state index in [1.54, 1.807) is 0 Å². The molecule has 0 unspecified atom stereocenters. The zero-order valence-electron chi connectivity index (χ0n) is 5.34. The highest BCUT2D eigenvalue weighted by molar-refractivity contribution is 5.75. The number of hydrogen-bond acceptors (Lipinski definition) is 1. The highest BCUT2D eigenvalue weighted by Gasteiger charge is 2.26. The Balaban J connectivity index is 3.46. The fourth-order valence-corrected chi connectivity index (χ4v) is 0.277. The lowest BCUT2D eigenvalue weighted by Gasteiger charge is -2.08. The van der Waals surface area contributed by atoms with Gasteiger partial charge >= 0.3 is 6.18 Å². The fraction of sp³-hybridized carbons (Fsp3) is 0.750. The lowest BCUT2D eigenvalue weighted by atomic mass is 10.6. The molecule has 3 N–H and O–H groups in total. The van der Waals surface area contributed by atoms with Crippen LogP contribution in [0.1, 0.15) is 0 Å². The normalized spacial score (nSPS) is 10.8. The molecular weight excluding hydrogens is 147 g/mol. The topological polar surface area (TPSA) is 47.9 Å². The number of halogens is 3. The Labute approximate surface area is 56.1 Å². The molecule has 0 rings (SSSR count). The van der Waals surface area contributed by atoms with Gasteiger partial charge in [-0.2, -0.15) is 13.2 Å². The van der Waals surface area contributed by atoms with Gasteiger partial charge < -0.3 is 10.6 Å². The summed E-state index contributed by atoms with van der Waals surface area (Å²) < 4.78 is 34.1. The highest BCUT2D eigenvalue weighted by Crippen LogP contribution is 2.11. The molecule has 0 aliphatic carbocycles. The summed E-state index contributed by atoms with van der Waals surface area (Å²) in [7, 11) is 1.37. The Hall–Kier alpha value is -0.940. The van der Waals surface area contributed by atoms with Gasteiger partial charge in [0, 0.05) is 7.05 Å². The van der Waals surface area contributed by atoms with E-state index < -0.39 is 12.7 Å². The van der Waals surface area contributed by atoms with Gasteiger partial charge in [-0.3, -0.25) is 5.41 Å². The van der Waals surface area contributed by atoms with Crippen molar-refractivity contribution < 1.29 is 13.2 Å². The molecule has 0 radical (unpaired) electrons. The van der Waals surface area contributed by atoms with E-state index in [9.17, 15) is 13.2 Å². The maximum Gasteiger partial charge on any atom is 0.405 e. The number of hydrogen-bond donors (Lipinski definition) is 3. The van der Waals surface area contributed by atoms with Gasteiger partial charge in [0.25, 0.3) is 0 Å². The van der Waals surface area contributed by atoms with E-state index in [-0.39, 0.29) is 5.96 Å². The van der Waals surface area contributed by atoms with Crippen LogP contribution < -0.4 is 10.6 Å². The molecule has 6 heteroatoms. The number of alkyl halides is 3. The van der Waals surface area contributed by atoms with Crippen molar-refractivity contribution in [3.8, 4) is 0 Å². The third-order valence-corrected chi connectivity index (χ3v) is 0.716. The molecule has 0 spiro atoms. The molecule has 0 aliphatic heterocycles. The minimum Gasteiger partial charge on any atom is -0.360 e. The van der Waals surface area contributed by atoms with Gasteiger partial charge in [0.2, 0.25) is 0 Å². The lowest BCUT2D eigenvalue weighted by molar-refractivity contribution is -0.122. The van der Waals surface area contributed by atoms with E-state index in [1.165, 1.54) is 7.05 Å². The Morgan fingerprint density at radius 1 is 1.50 bits per heavy atom. The van der Waals surface area contributed by atoms with Gasteiger partial charge in [-0.1, -0.05) is 0 Å². The van der Waals surface area contributed by atoms with Crippen molar-refractivity contribution in [1.82, 2.24) is 10.6 Å². The first-order valence-electron chi connectivity index (χ1n) is 2.52. The molecule has 0 saturated heterocycles. The molecule has 10 heavy (non-hydrogen) atoms. The quantitative estimate of drug-likeness (QED) is 0.376. The second-order valence-corrected chi connectivity index (χ2v) is 1.59. The van der Waals surface area contributed by atoms with Crippen molar-refractivity contribution >= 4 is 5.96 Å². The maximum atomic E-state index is 11.4. The van der Waals surface area contributed by atoms with Crippen molar-refractivity contribution in [1.29, 1.82) is 5.41 Å². The van der Waals surface area contributed by atoms with Crippen LogP contribution in [0.3, 0.4) is 0 Å². The van der Waals surface area contributed by atoms with Crippen LogP contribution in [-0.2, 0) is 0 Å². The van der Waals surface area contributed by atoms with Gasteiger partial charge in [0.05, 0.1) is 0 Å². The van der Waals surface area contributed by atoms with Crippen molar-refractivity contribution in [2.24, 2.45) is 0 Å². The second kappa shape index (κ2) is 3.28. The van der Waals surface area contributed by atoms with Gasteiger partial charge in [-0.25, -0.2) is 0 Å². The summed E-state index contributed by atoms with van der Waals surface area (Å²) in [5, 5.41) is 10.7. The summed E-state index contributed by atoms with van der Waals surface area (Å²) in [6, 6.07) is 0. The predicted molar refractivity (Wildman–Crippen MR) is 30.8 cm³/mol. The molecule has 0 bridgehead atoms. The first kappa shape index (κ1) is 9.06. The van der Waals surface area contributed by atoms with Crippen LogP contribution in [0.2, 0.25) is 0 Å². The molecular formula is C4H8F3N3. The van der Waals surface area contributed by atoms with Crippen LogP contribution in [0.4, 0.5) is 13.2 Å². The molecule has 0 aromatic carbocycles. The van der Waals surface area contributed by atoms with Crippen LogP contribution in [0.5, 0.6) is 0 Å². The van der Waals surface area contributed by atoms with Gasteiger partial charge in [-0.15, -0.1) is 0 Å². The second-order valence-electron chi connectivity index (χ2n) is 1.59. The average Bonchev–Trinajstić information content (AvgIpc) is 1.81. The molecule has 60 valence electrons. The Kier molecular flexibility index (Phi) is 2.98. The number of rotatable bonds is 1. The smallest absolute Gasteiger partial charge is 0.360 e. The van der Waals surface area contributed by atoms with Gasteiger partial charge in [-0.05, 0) is 0 Å². The third kappa shape index (κ3) is 5.20. The number of guanidine groups is 1. The fourth-order valence-electron chi connectivity index (χ4n) is 0.277.